The van der Waals surface area contributed by atoms with Gasteiger partial charge in [0.15, 0.2) is 0 Å². The van der Waals surface area contributed by atoms with E-state index in [2.05, 4.69) is 31.2 Å². The Morgan fingerprint density at radius 3 is 2.75 bits per heavy atom. The molecule has 0 saturated heterocycles. The number of carbonyl (C=O) groups excluding carboxylic acids is 1. The van der Waals surface area contributed by atoms with Crippen LogP contribution in [-0.2, 0) is 9.53 Å². The van der Waals surface area contributed by atoms with E-state index in [4.69, 9.17) is 4.74 Å². The molecule has 1 N–H and O–H groups in total. The Morgan fingerprint density at radius 2 is 2.20 bits per heavy atom. The SMILES string of the molecule is CCOC(=O)C(C)CNCC1(N(C)C)CCCC(C)C1. The Hall–Kier alpha value is -0.610. The van der Waals surface area contributed by atoms with E-state index < -0.39 is 0 Å². The number of nitrogens with one attached hydrogen (secondary N) is 1. The van der Waals surface area contributed by atoms with E-state index in [1.807, 2.05) is 13.8 Å². The summed E-state index contributed by atoms with van der Waals surface area (Å²) in [4.78, 5) is 14.0. The summed E-state index contributed by atoms with van der Waals surface area (Å²) in [6.45, 7) is 8.23. The first-order valence-electron chi connectivity index (χ1n) is 7.96. The maximum absolute atomic E-state index is 11.6. The lowest BCUT2D eigenvalue weighted by atomic mass is 9.75. The van der Waals surface area contributed by atoms with E-state index in [1.165, 1.54) is 25.7 Å². The van der Waals surface area contributed by atoms with Crippen LogP contribution in [0.1, 0.15) is 46.5 Å². The Bertz CT molecular complexity index is 307. The number of hydrogen-bond acceptors (Lipinski definition) is 4. The first-order chi connectivity index (χ1) is 9.41. The van der Waals surface area contributed by atoms with E-state index in [9.17, 15) is 4.79 Å². The van der Waals surface area contributed by atoms with Crippen molar-refractivity contribution in [3.05, 3.63) is 0 Å². The lowest BCUT2D eigenvalue weighted by molar-refractivity contribution is -0.147. The molecule has 0 aromatic heterocycles. The van der Waals surface area contributed by atoms with Crippen LogP contribution in [0.4, 0.5) is 0 Å². The fraction of sp³-hybridized carbons (Fsp3) is 0.938. The fourth-order valence-electron chi connectivity index (χ4n) is 3.25. The molecule has 0 aromatic carbocycles. The highest BCUT2D eigenvalue weighted by atomic mass is 16.5. The molecule has 0 radical (unpaired) electrons. The molecule has 118 valence electrons. The molecule has 0 heterocycles. The third kappa shape index (κ3) is 4.74. The highest BCUT2D eigenvalue weighted by Gasteiger charge is 2.36. The van der Waals surface area contributed by atoms with Crippen molar-refractivity contribution in [2.45, 2.75) is 52.0 Å². The highest BCUT2D eigenvalue weighted by Crippen LogP contribution is 2.35. The maximum Gasteiger partial charge on any atom is 0.309 e. The first kappa shape index (κ1) is 17.4. The van der Waals surface area contributed by atoms with Crippen molar-refractivity contribution in [2.75, 3.05) is 33.8 Å². The molecular formula is C16H32N2O2. The Labute approximate surface area is 124 Å². The smallest absolute Gasteiger partial charge is 0.309 e. The summed E-state index contributed by atoms with van der Waals surface area (Å²) in [7, 11) is 4.35. The van der Waals surface area contributed by atoms with Gasteiger partial charge in [0.1, 0.15) is 0 Å². The van der Waals surface area contributed by atoms with Gasteiger partial charge in [-0.25, -0.2) is 0 Å². The van der Waals surface area contributed by atoms with E-state index in [0.29, 0.717) is 13.2 Å². The molecule has 4 nitrogen and oxygen atoms in total. The number of ether oxygens (including phenoxy) is 1. The number of hydrogen-bond donors (Lipinski definition) is 1. The monoisotopic (exact) mass is 284 g/mol. The van der Waals surface area contributed by atoms with Gasteiger partial charge in [-0.15, -0.1) is 0 Å². The molecule has 1 saturated carbocycles. The molecule has 1 aliphatic rings. The summed E-state index contributed by atoms with van der Waals surface area (Å²) < 4.78 is 5.05. The van der Waals surface area contributed by atoms with Gasteiger partial charge in [0.05, 0.1) is 12.5 Å². The molecule has 1 rings (SSSR count). The number of nitrogens with zero attached hydrogens (tertiary/aromatic N) is 1. The van der Waals surface area contributed by atoms with Gasteiger partial charge in [-0.05, 0) is 39.8 Å². The second kappa shape index (κ2) is 7.99. The molecule has 3 unspecified atom stereocenters. The van der Waals surface area contributed by atoms with Crippen LogP contribution in [0.5, 0.6) is 0 Å². The third-order valence-corrected chi connectivity index (χ3v) is 4.61. The van der Waals surface area contributed by atoms with Crippen LogP contribution >= 0.6 is 0 Å². The molecule has 0 aromatic rings. The molecule has 3 atom stereocenters. The van der Waals surface area contributed by atoms with Crippen molar-refractivity contribution < 1.29 is 9.53 Å². The molecule has 0 amide bonds. The summed E-state index contributed by atoms with van der Waals surface area (Å²) in [5, 5.41) is 3.49. The Morgan fingerprint density at radius 1 is 1.50 bits per heavy atom. The van der Waals surface area contributed by atoms with Crippen molar-refractivity contribution >= 4 is 5.97 Å². The van der Waals surface area contributed by atoms with Crippen molar-refractivity contribution in [3.63, 3.8) is 0 Å². The second-order valence-electron chi connectivity index (χ2n) is 6.60. The zero-order valence-electron chi connectivity index (χ0n) is 13.9. The lowest BCUT2D eigenvalue weighted by Gasteiger charge is -2.45. The van der Waals surface area contributed by atoms with Crippen LogP contribution in [0.3, 0.4) is 0 Å². The highest BCUT2D eigenvalue weighted by molar-refractivity contribution is 5.72. The third-order valence-electron chi connectivity index (χ3n) is 4.61. The lowest BCUT2D eigenvalue weighted by Crippen LogP contribution is -2.54. The summed E-state index contributed by atoms with van der Waals surface area (Å²) in [6, 6.07) is 0. The number of esters is 1. The minimum Gasteiger partial charge on any atom is -0.466 e. The van der Waals surface area contributed by atoms with Gasteiger partial charge in [0.25, 0.3) is 0 Å². The van der Waals surface area contributed by atoms with Crippen molar-refractivity contribution in [2.24, 2.45) is 11.8 Å². The molecule has 1 aliphatic carbocycles. The van der Waals surface area contributed by atoms with E-state index in [0.717, 1.165) is 12.5 Å². The number of carbonyl (C=O) groups is 1. The van der Waals surface area contributed by atoms with E-state index in [1.54, 1.807) is 0 Å². The molecule has 1 fully saturated rings. The summed E-state index contributed by atoms with van der Waals surface area (Å²) >= 11 is 0. The average molecular weight is 284 g/mol. The Kier molecular flexibility index (Phi) is 6.96. The predicted octanol–water partition coefficient (Wildman–Crippen LogP) is 2.29. The predicted molar refractivity (Wildman–Crippen MR) is 82.7 cm³/mol. The van der Waals surface area contributed by atoms with Crippen LogP contribution in [-0.4, -0.2) is 50.2 Å². The standard InChI is InChI=1S/C16H32N2O2/c1-6-20-15(19)14(3)11-17-12-16(18(4)5)9-7-8-13(2)10-16/h13-14,17H,6-12H2,1-5H3. The molecular weight excluding hydrogens is 252 g/mol. The zero-order valence-corrected chi connectivity index (χ0v) is 13.9. The van der Waals surface area contributed by atoms with Gasteiger partial charge in [-0.1, -0.05) is 26.7 Å². The fourth-order valence-corrected chi connectivity index (χ4v) is 3.25. The van der Waals surface area contributed by atoms with Gasteiger partial charge in [0, 0.05) is 18.6 Å². The average Bonchev–Trinajstić information content (AvgIpc) is 2.38. The minimum atomic E-state index is -0.101. The van der Waals surface area contributed by atoms with Crippen LogP contribution in [0.2, 0.25) is 0 Å². The van der Waals surface area contributed by atoms with Crippen LogP contribution in [0.15, 0.2) is 0 Å². The van der Waals surface area contributed by atoms with Crippen molar-refractivity contribution in [1.82, 2.24) is 10.2 Å². The van der Waals surface area contributed by atoms with Gasteiger partial charge in [0.2, 0.25) is 0 Å². The topological polar surface area (TPSA) is 41.6 Å². The first-order valence-corrected chi connectivity index (χ1v) is 7.96. The molecule has 20 heavy (non-hydrogen) atoms. The summed E-state index contributed by atoms with van der Waals surface area (Å²) in [5.74, 6) is 0.613. The van der Waals surface area contributed by atoms with Crippen molar-refractivity contribution in [3.8, 4) is 0 Å². The second-order valence-corrected chi connectivity index (χ2v) is 6.60. The van der Waals surface area contributed by atoms with E-state index in [-0.39, 0.29) is 17.4 Å². The van der Waals surface area contributed by atoms with Crippen LogP contribution in [0, 0.1) is 11.8 Å². The van der Waals surface area contributed by atoms with Crippen LogP contribution in [0.25, 0.3) is 0 Å². The molecule has 0 bridgehead atoms. The summed E-state index contributed by atoms with van der Waals surface area (Å²) in [5.41, 5.74) is 0.242. The van der Waals surface area contributed by atoms with Crippen LogP contribution < -0.4 is 5.32 Å². The zero-order chi connectivity index (χ0) is 15.2. The maximum atomic E-state index is 11.6. The summed E-state index contributed by atoms with van der Waals surface area (Å²) in [6.07, 6.45) is 5.12. The number of likely N-dealkylation sites (N-methyl/N-ethyl adjacent to an activating group) is 1. The van der Waals surface area contributed by atoms with Gasteiger partial charge >= 0.3 is 5.97 Å². The Balaban J connectivity index is 2.46. The number of rotatable bonds is 7. The van der Waals surface area contributed by atoms with Crippen molar-refractivity contribution in [1.29, 1.82) is 0 Å². The van der Waals surface area contributed by atoms with Gasteiger partial charge in [-0.3, -0.25) is 4.79 Å². The minimum absolute atomic E-state index is 0.0739. The van der Waals surface area contributed by atoms with Gasteiger partial charge < -0.3 is 15.0 Å². The van der Waals surface area contributed by atoms with Gasteiger partial charge in [-0.2, -0.15) is 0 Å². The molecule has 4 heteroatoms. The molecule has 0 aliphatic heterocycles. The normalized spacial score (nSPS) is 28.4. The largest absolute Gasteiger partial charge is 0.466 e. The van der Waals surface area contributed by atoms with E-state index >= 15 is 0 Å². The quantitative estimate of drug-likeness (QED) is 0.728. The molecule has 0 spiro atoms.